The number of aromatic carboxylic acids is 1. The largest absolute Gasteiger partial charge is 0.478 e. The summed E-state index contributed by atoms with van der Waals surface area (Å²) in [5.74, 6) is -1.59. The number of nitrogens with two attached hydrogens (primary N) is 1. The third kappa shape index (κ3) is 2.54. The Morgan fingerprint density at radius 3 is 2.68 bits per heavy atom. The Bertz CT molecular complexity index is 648. The molecule has 0 bridgehead atoms. The number of hydrogen-bond donors (Lipinski definition) is 3. The van der Waals surface area contributed by atoms with Crippen LogP contribution in [0.15, 0.2) is 30.5 Å². The molecule has 0 unspecified atom stereocenters. The molecular formula is C12H12N4O3. The summed E-state index contributed by atoms with van der Waals surface area (Å²) in [6.07, 6.45) is 1.48. The molecule has 2 aromatic rings. The van der Waals surface area contributed by atoms with Crippen LogP contribution in [-0.4, -0.2) is 26.8 Å². The number of nitrogen functional groups attached to an aromatic ring is 1. The lowest BCUT2D eigenvalue weighted by atomic mass is 10.1. The van der Waals surface area contributed by atoms with Crippen molar-refractivity contribution < 1.29 is 14.7 Å². The smallest absolute Gasteiger partial charge is 0.337 e. The van der Waals surface area contributed by atoms with Crippen molar-refractivity contribution in [3.8, 4) is 0 Å². The topological polar surface area (TPSA) is 110 Å². The number of aryl methyl sites for hydroxylation is 1. The molecule has 1 aromatic carbocycles. The van der Waals surface area contributed by atoms with Gasteiger partial charge in [0.25, 0.3) is 5.91 Å². The van der Waals surface area contributed by atoms with Crippen molar-refractivity contribution in [3.63, 3.8) is 0 Å². The average molecular weight is 260 g/mol. The number of carboxylic acids is 1. The number of nitrogens with one attached hydrogen (secondary N) is 1. The zero-order valence-electron chi connectivity index (χ0n) is 10.1. The Labute approximate surface area is 108 Å². The van der Waals surface area contributed by atoms with Crippen molar-refractivity contribution in [3.05, 3.63) is 41.7 Å². The van der Waals surface area contributed by atoms with Crippen LogP contribution in [0, 0.1) is 0 Å². The second-order valence-electron chi connectivity index (χ2n) is 3.90. The summed E-state index contributed by atoms with van der Waals surface area (Å²) >= 11 is 0. The Balaban J connectivity index is 2.33. The van der Waals surface area contributed by atoms with Gasteiger partial charge in [0.05, 0.1) is 11.3 Å². The molecule has 0 aliphatic carbocycles. The van der Waals surface area contributed by atoms with E-state index in [0.717, 1.165) is 0 Å². The van der Waals surface area contributed by atoms with E-state index in [1.165, 1.54) is 35.1 Å². The predicted octanol–water partition coefficient (Wildman–Crippen LogP) is 0.953. The van der Waals surface area contributed by atoms with Crippen LogP contribution in [0.5, 0.6) is 0 Å². The molecule has 0 saturated carbocycles. The molecule has 19 heavy (non-hydrogen) atoms. The van der Waals surface area contributed by atoms with E-state index < -0.39 is 11.9 Å². The van der Waals surface area contributed by atoms with Crippen molar-refractivity contribution in [2.75, 3.05) is 11.1 Å². The maximum atomic E-state index is 12.0. The normalized spacial score (nSPS) is 10.2. The highest BCUT2D eigenvalue weighted by atomic mass is 16.4. The van der Waals surface area contributed by atoms with Gasteiger partial charge >= 0.3 is 5.97 Å². The minimum Gasteiger partial charge on any atom is -0.478 e. The van der Waals surface area contributed by atoms with E-state index in [9.17, 15) is 9.59 Å². The third-order valence-corrected chi connectivity index (χ3v) is 2.58. The van der Waals surface area contributed by atoms with E-state index in [-0.39, 0.29) is 11.3 Å². The van der Waals surface area contributed by atoms with Crippen molar-refractivity contribution in [2.45, 2.75) is 0 Å². The number of hydrogen-bond acceptors (Lipinski definition) is 4. The molecule has 0 aliphatic rings. The van der Waals surface area contributed by atoms with Crippen LogP contribution in [0.2, 0.25) is 0 Å². The number of anilines is 2. The molecule has 0 spiro atoms. The molecule has 0 radical (unpaired) electrons. The fraction of sp³-hybridized carbons (Fsp3) is 0.0833. The molecule has 7 nitrogen and oxygen atoms in total. The maximum Gasteiger partial charge on any atom is 0.337 e. The Morgan fingerprint density at radius 1 is 1.37 bits per heavy atom. The van der Waals surface area contributed by atoms with E-state index in [4.69, 9.17) is 10.8 Å². The van der Waals surface area contributed by atoms with Gasteiger partial charge in [0, 0.05) is 18.9 Å². The van der Waals surface area contributed by atoms with Crippen LogP contribution in [0.4, 0.5) is 11.4 Å². The zero-order valence-corrected chi connectivity index (χ0v) is 10.1. The first-order valence-corrected chi connectivity index (χ1v) is 5.41. The molecule has 2 rings (SSSR count). The summed E-state index contributed by atoms with van der Waals surface area (Å²) < 4.78 is 1.39. The number of aromatic nitrogens is 2. The van der Waals surface area contributed by atoms with Gasteiger partial charge in [0.1, 0.15) is 5.69 Å². The van der Waals surface area contributed by atoms with Gasteiger partial charge in [0.15, 0.2) is 0 Å². The summed E-state index contributed by atoms with van der Waals surface area (Å²) in [5, 5.41) is 15.4. The fourth-order valence-corrected chi connectivity index (χ4v) is 1.63. The van der Waals surface area contributed by atoms with E-state index in [0.29, 0.717) is 11.4 Å². The average Bonchev–Trinajstić information content (AvgIpc) is 2.75. The van der Waals surface area contributed by atoms with Gasteiger partial charge in [-0.25, -0.2) is 4.79 Å². The molecule has 0 atom stereocenters. The lowest BCUT2D eigenvalue weighted by Gasteiger charge is -2.09. The summed E-state index contributed by atoms with van der Waals surface area (Å²) in [7, 11) is 1.62. The molecule has 1 amide bonds. The van der Waals surface area contributed by atoms with Crippen LogP contribution >= 0.6 is 0 Å². The zero-order chi connectivity index (χ0) is 14.0. The van der Waals surface area contributed by atoms with E-state index in [2.05, 4.69) is 10.4 Å². The van der Waals surface area contributed by atoms with Gasteiger partial charge in [-0.3, -0.25) is 9.48 Å². The van der Waals surface area contributed by atoms with E-state index >= 15 is 0 Å². The second kappa shape index (κ2) is 4.81. The van der Waals surface area contributed by atoms with Crippen LogP contribution in [0.1, 0.15) is 20.8 Å². The number of carbonyl (C=O) groups excluding carboxylic acids is 1. The van der Waals surface area contributed by atoms with Crippen LogP contribution in [0.25, 0.3) is 0 Å². The highest BCUT2D eigenvalue weighted by Crippen LogP contribution is 2.20. The van der Waals surface area contributed by atoms with Gasteiger partial charge in [-0.2, -0.15) is 5.10 Å². The molecule has 7 heteroatoms. The number of rotatable bonds is 3. The quantitative estimate of drug-likeness (QED) is 0.712. The molecule has 1 heterocycles. The highest BCUT2D eigenvalue weighted by molar-refractivity contribution is 6.07. The summed E-state index contributed by atoms with van der Waals surface area (Å²) in [5.41, 5.74) is 6.40. The Morgan fingerprint density at radius 2 is 2.11 bits per heavy atom. The molecule has 0 aliphatic heterocycles. The van der Waals surface area contributed by atoms with Crippen LogP contribution in [-0.2, 0) is 7.05 Å². The van der Waals surface area contributed by atoms with Gasteiger partial charge in [-0.15, -0.1) is 0 Å². The molecule has 0 fully saturated rings. The fourth-order valence-electron chi connectivity index (χ4n) is 1.63. The monoisotopic (exact) mass is 260 g/mol. The molecule has 1 aromatic heterocycles. The first-order valence-electron chi connectivity index (χ1n) is 5.41. The lowest BCUT2D eigenvalue weighted by Crippen LogP contribution is -2.18. The van der Waals surface area contributed by atoms with Gasteiger partial charge in [-0.1, -0.05) is 0 Å². The van der Waals surface area contributed by atoms with Crippen molar-refractivity contribution >= 4 is 23.3 Å². The van der Waals surface area contributed by atoms with Crippen molar-refractivity contribution in [1.29, 1.82) is 0 Å². The van der Waals surface area contributed by atoms with Crippen LogP contribution in [0.3, 0.4) is 0 Å². The van der Waals surface area contributed by atoms with Crippen molar-refractivity contribution in [1.82, 2.24) is 9.78 Å². The molecule has 4 N–H and O–H groups in total. The standard InChI is InChI=1S/C12H12N4O3/c1-16-10(4-5-14-16)11(17)15-9-6-7(13)2-3-8(9)12(18)19/h2-6H,13H2,1H3,(H,15,17)(H,18,19). The maximum absolute atomic E-state index is 12.0. The minimum atomic E-state index is -1.14. The molecule has 98 valence electrons. The number of carbonyl (C=O) groups is 2. The molecule has 0 saturated heterocycles. The van der Waals surface area contributed by atoms with Gasteiger partial charge < -0.3 is 16.2 Å². The Kier molecular flexibility index (Phi) is 3.19. The third-order valence-electron chi connectivity index (χ3n) is 2.58. The minimum absolute atomic E-state index is 0.0234. The number of carboxylic acid groups (broad SMARTS) is 1. The number of benzene rings is 1. The number of amides is 1. The summed E-state index contributed by atoms with van der Waals surface area (Å²) in [6.45, 7) is 0. The predicted molar refractivity (Wildman–Crippen MR) is 69.0 cm³/mol. The lowest BCUT2D eigenvalue weighted by molar-refractivity contribution is 0.0698. The number of nitrogens with zero attached hydrogens (tertiary/aromatic N) is 2. The van der Waals surface area contributed by atoms with Crippen molar-refractivity contribution in [2.24, 2.45) is 7.05 Å². The summed E-state index contributed by atoms with van der Waals surface area (Å²) in [4.78, 5) is 23.0. The van der Waals surface area contributed by atoms with Crippen LogP contribution < -0.4 is 11.1 Å². The van der Waals surface area contributed by atoms with E-state index in [1.807, 2.05) is 0 Å². The molecular weight excluding hydrogens is 248 g/mol. The highest BCUT2D eigenvalue weighted by Gasteiger charge is 2.15. The summed E-state index contributed by atoms with van der Waals surface area (Å²) in [6, 6.07) is 5.74. The van der Waals surface area contributed by atoms with E-state index in [1.54, 1.807) is 7.05 Å². The second-order valence-corrected chi connectivity index (χ2v) is 3.90. The first kappa shape index (κ1) is 12.6. The SMILES string of the molecule is Cn1nccc1C(=O)Nc1cc(N)ccc1C(=O)O. The first-order chi connectivity index (χ1) is 8.99. The van der Waals surface area contributed by atoms with Gasteiger partial charge in [0.2, 0.25) is 0 Å². The van der Waals surface area contributed by atoms with Gasteiger partial charge in [-0.05, 0) is 24.3 Å². The Hall–Kier alpha value is -2.83.